The minimum Gasteiger partial charge on any atom is -0.469 e. The lowest BCUT2D eigenvalue weighted by Crippen LogP contribution is -2.29. The highest BCUT2D eigenvalue weighted by Gasteiger charge is 2.24. The van der Waals surface area contributed by atoms with Gasteiger partial charge in [-0.05, 0) is 24.3 Å². The molecule has 0 spiro atoms. The summed E-state index contributed by atoms with van der Waals surface area (Å²) in [5.74, 6) is -0.740. The zero-order chi connectivity index (χ0) is 16.3. The van der Waals surface area contributed by atoms with Crippen molar-refractivity contribution in [3.8, 4) is 0 Å². The van der Waals surface area contributed by atoms with Crippen LogP contribution in [0.15, 0.2) is 30.5 Å². The maximum Gasteiger partial charge on any atom is 0.310 e. The highest BCUT2D eigenvalue weighted by molar-refractivity contribution is 5.94. The van der Waals surface area contributed by atoms with Crippen molar-refractivity contribution in [2.24, 2.45) is 5.92 Å². The molecule has 22 heavy (non-hydrogen) atoms. The fourth-order valence-electron chi connectivity index (χ4n) is 2.41. The van der Waals surface area contributed by atoms with Gasteiger partial charge in [-0.2, -0.15) is 0 Å². The van der Waals surface area contributed by atoms with Gasteiger partial charge in [0.15, 0.2) is 0 Å². The molecule has 0 amide bonds. The molecule has 0 radical (unpaired) electrons. The molecule has 2 rings (SSSR count). The Morgan fingerprint density at radius 3 is 2.82 bits per heavy atom. The molecule has 0 aliphatic carbocycles. The topological polar surface area (TPSA) is 85.6 Å². The fraction of sp³-hybridized carbons (Fsp3) is 0.333. The molecule has 1 atom stereocenters. The molecule has 0 saturated carbocycles. The number of anilines is 1. The summed E-state index contributed by atoms with van der Waals surface area (Å²) in [7, 11) is 3.03. The van der Waals surface area contributed by atoms with Crippen molar-refractivity contribution >= 4 is 28.2 Å². The van der Waals surface area contributed by atoms with Crippen LogP contribution in [0.1, 0.15) is 6.92 Å². The van der Waals surface area contributed by atoms with Gasteiger partial charge in [-0.15, -0.1) is 0 Å². The van der Waals surface area contributed by atoms with Crippen molar-refractivity contribution in [2.75, 3.05) is 25.6 Å². The van der Waals surface area contributed by atoms with E-state index in [0.717, 1.165) is 0 Å². The Morgan fingerprint density at radius 1 is 1.45 bits per heavy atom. The Hall–Kier alpha value is -2.70. The largest absolute Gasteiger partial charge is 0.469 e. The number of carbonyl (C=O) groups is 1. The molecule has 0 aliphatic heterocycles. The van der Waals surface area contributed by atoms with Gasteiger partial charge in [-0.3, -0.25) is 19.9 Å². The summed E-state index contributed by atoms with van der Waals surface area (Å²) >= 11 is 0. The Labute approximate surface area is 127 Å². The lowest BCUT2D eigenvalue weighted by molar-refractivity contribution is -0.382. The van der Waals surface area contributed by atoms with Gasteiger partial charge < -0.3 is 9.64 Å². The summed E-state index contributed by atoms with van der Waals surface area (Å²) < 4.78 is 4.69. The fourth-order valence-corrected chi connectivity index (χ4v) is 2.41. The molecule has 116 valence electrons. The average molecular weight is 303 g/mol. The molecular weight excluding hydrogens is 286 g/mol. The van der Waals surface area contributed by atoms with E-state index in [1.165, 1.54) is 7.11 Å². The van der Waals surface area contributed by atoms with Crippen LogP contribution in [0.25, 0.3) is 10.9 Å². The molecule has 1 heterocycles. The maximum absolute atomic E-state index is 11.5. The molecule has 0 bridgehead atoms. The molecule has 7 heteroatoms. The van der Waals surface area contributed by atoms with E-state index in [0.29, 0.717) is 23.1 Å². The summed E-state index contributed by atoms with van der Waals surface area (Å²) in [4.78, 5) is 28.4. The number of nitrogens with zero attached hydrogens (tertiary/aromatic N) is 3. The third kappa shape index (κ3) is 2.98. The molecule has 7 nitrogen and oxygen atoms in total. The van der Waals surface area contributed by atoms with Crippen molar-refractivity contribution in [3.63, 3.8) is 0 Å². The number of benzene rings is 1. The Balaban J connectivity index is 2.44. The zero-order valence-corrected chi connectivity index (χ0v) is 12.6. The minimum absolute atomic E-state index is 0.00911. The first-order chi connectivity index (χ1) is 10.5. The highest BCUT2D eigenvalue weighted by atomic mass is 16.6. The molecule has 0 aliphatic rings. The smallest absolute Gasteiger partial charge is 0.310 e. The predicted molar refractivity (Wildman–Crippen MR) is 82.8 cm³/mol. The molecule has 0 saturated heterocycles. The first kappa shape index (κ1) is 15.7. The van der Waals surface area contributed by atoms with Gasteiger partial charge in [0.05, 0.1) is 28.9 Å². The molecule has 0 fully saturated rings. The second-order valence-corrected chi connectivity index (χ2v) is 5.07. The van der Waals surface area contributed by atoms with Crippen molar-refractivity contribution in [3.05, 3.63) is 40.6 Å². The van der Waals surface area contributed by atoms with Gasteiger partial charge in [0.1, 0.15) is 5.69 Å². The molecule has 1 aromatic heterocycles. The van der Waals surface area contributed by atoms with E-state index in [2.05, 4.69) is 9.72 Å². The normalized spacial score (nSPS) is 12.0. The number of aromatic nitrogens is 1. The Kier molecular flexibility index (Phi) is 4.55. The van der Waals surface area contributed by atoms with Gasteiger partial charge in [-0.25, -0.2) is 0 Å². The summed E-state index contributed by atoms with van der Waals surface area (Å²) in [6.45, 7) is 2.04. The van der Waals surface area contributed by atoms with Crippen molar-refractivity contribution in [2.45, 2.75) is 6.92 Å². The van der Waals surface area contributed by atoms with Crippen molar-refractivity contribution < 1.29 is 14.5 Å². The Bertz CT molecular complexity index is 717. The maximum atomic E-state index is 11.5. The van der Waals surface area contributed by atoms with Gasteiger partial charge in [0.25, 0.3) is 0 Å². The molecule has 2 aromatic rings. The van der Waals surface area contributed by atoms with Crippen LogP contribution in [0.3, 0.4) is 0 Å². The number of methoxy groups -OCH3 is 1. The Morgan fingerprint density at radius 2 is 2.18 bits per heavy atom. The van der Waals surface area contributed by atoms with Crippen LogP contribution in [0.4, 0.5) is 11.4 Å². The van der Waals surface area contributed by atoms with E-state index >= 15 is 0 Å². The first-order valence-corrected chi connectivity index (χ1v) is 6.76. The second-order valence-electron chi connectivity index (χ2n) is 5.07. The highest BCUT2D eigenvalue weighted by Crippen LogP contribution is 2.34. The van der Waals surface area contributed by atoms with E-state index in [-0.39, 0.29) is 17.6 Å². The third-order valence-electron chi connectivity index (χ3n) is 3.48. The average Bonchev–Trinajstić information content (AvgIpc) is 2.52. The number of ether oxygens (including phenoxy) is 1. The molecule has 0 N–H and O–H groups in total. The monoisotopic (exact) mass is 303 g/mol. The van der Waals surface area contributed by atoms with Crippen LogP contribution < -0.4 is 4.90 Å². The van der Waals surface area contributed by atoms with Crippen LogP contribution in [-0.4, -0.2) is 36.6 Å². The minimum atomic E-state index is -0.418. The van der Waals surface area contributed by atoms with E-state index in [1.54, 1.807) is 49.3 Å². The van der Waals surface area contributed by atoms with Gasteiger partial charge in [-0.1, -0.05) is 6.92 Å². The lowest BCUT2D eigenvalue weighted by Gasteiger charge is -2.22. The van der Waals surface area contributed by atoms with Gasteiger partial charge in [0.2, 0.25) is 0 Å². The third-order valence-corrected chi connectivity index (χ3v) is 3.48. The van der Waals surface area contributed by atoms with E-state index in [4.69, 9.17) is 0 Å². The van der Waals surface area contributed by atoms with Gasteiger partial charge >= 0.3 is 11.7 Å². The van der Waals surface area contributed by atoms with E-state index in [9.17, 15) is 14.9 Å². The quantitative estimate of drug-likeness (QED) is 0.479. The number of pyridine rings is 1. The van der Waals surface area contributed by atoms with E-state index in [1.807, 2.05) is 0 Å². The number of hydrogen-bond donors (Lipinski definition) is 0. The molecule has 1 unspecified atom stereocenters. The SMILES string of the molecule is COC(=O)C(C)CN(C)c1ccc2ncccc2c1[N+](=O)[O-]. The molecular formula is C15H17N3O4. The van der Waals surface area contributed by atoms with Crippen molar-refractivity contribution in [1.82, 2.24) is 4.98 Å². The lowest BCUT2D eigenvalue weighted by atomic mass is 10.1. The second kappa shape index (κ2) is 6.38. The number of fused-ring (bicyclic) bond motifs is 1. The van der Waals surface area contributed by atoms with Crippen LogP contribution in [0.2, 0.25) is 0 Å². The van der Waals surface area contributed by atoms with E-state index < -0.39 is 4.92 Å². The standard InChI is InChI=1S/C15H17N3O4/c1-10(15(19)22-3)9-17(2)13-7-6-12-11(5-4-8-16-12)14(13)18(20)21/h4-8,10H,9H2,1-3H3. The number of nitro benzene ring substituents is 1. The number of esters is 1. The molecule has 1 aromatic carbocycles. The zero-order valence-electron chi connectivity index (χ0n) is 12.6. The summed E-state index contributed by atoms with van der Waals surface area (Å²) in [6, 6.07) is 6.71. The van der Waals surface area contributed by atoms with Crippen LogP contribution in [0, 0.1) is 16.0 Å². The van der Waals surface area contributed by atoms with Crippen LogP contribution in [-0.2, 0) is 9.53 Å². The van der Waals surface area contributed by atoms with Crippen molar-refractivity contribution in [1.29, 1.82) is 0 Å². The first-order valence-electron chi connectivity index (χ1n) is 6.76. The number of carbonyl (C=O) groups excluding carboxylic acids is 1. The van der Waals surface area contributed by atoms with Crippen LogP contribution in [0.5, 0.6) is 0 Å². The van der Waals surface area contributed by atoms with Crippen LogP contribution >= 0.6 is 0 Å². The number of nitro groups is 1. The summed E-state index contributed by atoms with van der Waals surface area (Å²) in [5, 5.41) is 12.0. The summed E-state index contributed by atoms with van der Waals surface area (Å²) in [5.41, 5.74) is 0.999. The number of rotatable bonds is 5. The summed E-state index contributed by atoms with van der Waals surface area (Å²) in [6.07, 6.45) is 1.59. The number of hydrogen-bond acceptors (Lipinski definition) is 6. The predicted octanol–water partition coefficient (Wildman–Crippen LogP) is 2.39. The van der Waals surface area contributed by atoms with Gasteiger partial charge in [0, 0.05) is 19.8 Å².